The summed E-state index contributed by atoms with van der Waals surface area (Å²) in [6, 6.07) is 5.50. The molecule has 0 amide bonds. The van der Waals surface area contributed by atoms with Gasteiger partial charge in [-0.3, -0.25) is 4.98 Å². The van der Waals surface area contributed by atoms with E-state index in [4.69, 9.17) is 9.47 Å². The van der Waals surface area contributed by atoms with Crippen LogP contribution in [-0.2, 0) is 9.47 Å². The number of hydrogen-bond donors (Lipinski definition) is 0. The first-order valence-electron chi connectivity index (χ1n) is 11.6. The van der Waals surface area contributed by atoms with Crippen LogP contribution in [0.1, 0.15) is 49.9 Å². The Hall–Kier alpha value is -3.10. The predicted molar refractivity (Wildman–Crippen MR) is 121 cm³/mol. The van der Waals surface area contributed by atoms with Crippen molar-refractivity contribution in [3.63, 3.8) is 0 Å². The molecule has 5 heterocycles. The van der Waals surface area contributed by atoms with E-state index in [1.165, 1.54) is 12.3 Å². The van der Waals surface area contributed by atoms with Gasteiger partial charge in [-0.25, -0.2) is 9.07 Å². The smallest absolute Gasteiger partial charge is 0.204 e. The molecule has 2 aliphatic rings. The highest BCUT2D eigenvalue weighted by molar-refractivity contribution is 6.04. The standard InChI is InChI=1S/C25H25FN4O3/c26-20-9-18(12-27-14-20)24-21-10-17-13-28-30(23-3-1-2-6-33-23)22(17)11-19(21)15-29(31)25(24)16-4-7-32-8-5-16/h9-16,23H,1-8H2. The van der Waals surface area contributed by atoms with Crippen molar-refractivity contribution in [2.45, 2.75) is 44.2 Å². The molecule has 3 aromatic heterocycles. The first kappa shape index (κ1) is 20.5. The molecular formula is C25H25FN4O3. The van der Waals surface area contributed by atoms with Crippen molar-refractivity contribution in [3.8, 4) is 11.1 Å². The van der Waals surface area contributed by atoms with E-state index >= 15 is 0 Å². The van der Waals surface area contributed by atoms with Gasteiger partial charge in [-0.1, -0.05) is 0 Å². The minimum Gasteiger partial charge on any atom is -0.618 e. The third kappa shape index (κ3) is 3.63. The van der Waals surface area contributed by atoms with Crippen molar-refractivity contribution in [1.82, 2.24) is 14.8 Å². The Bertz CT molecular complexity index is 1330. The van der Waals surface area contributed by atoms with Gasteiger partial charge in [0.25, 0.3) is 0 Å². The lowest BCUT2D eigenvalue weighted by Crippen LogP contribution is -2.36. The lowest BCUT2D eigenvalue weighted by atomic mass is 9.87. The highest BCUT2D eigenvalue weighted by Crippen LogP contribution is 2.39. The molecule has 0 N–H and O–H groups in total. The Morgan fingerprint density at radius 1 is 1.00 bits per heavy atom. The molecule has 0 aliphatic carbocycles. The predicted octanol–water partition coefficient (Wildman–Crippen LogP) is 4.62. The SMILES string of the molecule is [O-][n+]1cc2cc3c(cnn3C3CCCCO3)cc2c(-c2cncc(F)c2)c1C1CCOCC1. The number of aromatic nitrogens is 4. The van der Waals surface area contributed by atoms with Gasteiger partial charge < -0.3 is 14.7 Å². The van der Waals surface area contributed by atoms with Crippen LogP contribution in [0.25, 0.3) is 32.8 Å². The number of benzene rings is 1. The van der Waals surface area contributed by atoms with Crippen LogP contribution in [0.15, 0.2) is 43.0 Å². The molecule has 1 atom stereocenters. The van der Waals surface area contributed by atoms with Gasteiger partial charge >= 0.3 is 0 Å². The molecule has 7 nitrogen and oxygen atoms in total. The summed E-state index contributed by atoms with van der Waals surface area (Å²) in [7, 11) is 0. The fraction of sp³-hybridized carbons (Fsp3) is 0.400. The number of rotatable bonds is 3. The summed E-state index contributed by atoms with van der Waals surface area (Å²) >= 11 is 0. The number of fused-ring (bicyclic) bond motifs is 2. The average Bonchev–Trinajstić information content (AvgIpc) is 3.26. The molecule has 1 aromatic carbocycles. The van der Waals surface area contributed by atoms with E-state index in [9.17, 15) is 9.60 Å². The van der Waals surface area contributed by atoms with Crippen LogP contribution in [0.4, 0.5) is 4.39 Å². The van der Waals surface area contributed by atoms with Crippen molar-refractivity contribution < 1.29 is 18.6 Å². The summed E-state index contributed by atoms with van der Waals surface area (Å²) in [6.45, 7) is 1.94. The number of pyridine rings is 2. The van der Waals surface area contributed by atoms with E-state index < -0.39 is 5.82 Å². The van der Waals surface area contributed by atoms with Gasteiger partial charge in [0.2, 0.25) is 5.69 Å². The molecule has 8 heteroatoms. The molecule has 33 heavy (non-hydrogen) atoms. The second-order valence-corrected chi connectivity index (χ2v) is 8.90. The van der Waals surface area contributed by atoms with Crippen molar-refractivity contribution in [2.75, 3.05) is 19.8 Å². The van der Waals surface area contributed by atoms with Gasteiger partial charge in [0.1, 0.15) is 5.82 Å². The fourth-order valence-corrected chi connectivity index (χ4v) is 5.23. The van der Waals surface area contributed by atoms with Gasteiger partial charge in [-0.15, -0.1) is 0 Å². The van der Waals surface area contributed by atoms with Crippen LogP contribution in [0, 0.1) is 11.0 Å². The Morgan fingerprint density at radius 2 is 1.88 bits per heavy atom. The molecule has 2 fully saturated rings. The molecule has 1 unspecified atom stereocenters. The number of ether oxygens (including phenoxy) is 2. The van der Waals surface area contributed by atoms with Gasteiger partial charge in [-0.05, 0) is 50.3 Å². The Kier molecular flexibility index (Phi) is 5.19. The minimum absolute atomic E-state index is 0.0352. The summed E-state index contributed by atoms with van der Waals surface area (Å²) in [6.07, 6.45) is 10.8. The highest BCUT2D eigenvalue weighted by Gasteiger charge is 2.30. The third-order valence-corrected chi connectivity index (χ3v) is 6.82. The van der Waals surface area contributed by atoms with Gasteiger partial charge in [-0.2, -0.15) is 9.83 Å². The maximum atomic E-state index is 14.2. The topological polar surface area (TPSA) is 76.1 Å². The van der Waals surface area contributed by atoms with E-state index in [0.29, 0.717) is 24.5 Å². The average molecular weight is 448 g/mol. The monoisotopic (exact) mass is 448 g/mol. The van der Waals surface area contributed by atoms with E-state index in [1.807, 2.05) is 16.9 Å². The van der Waals surface area contributed by atoms with Crippen LogP contribution in [0.5, 0.6) is 0 Å². The van der Waals surface area contributed by atoms with Crippen molar-refractivity contribution in [2.24, 2.45) is 0 Å². The van der Waals surface area contributed by atoms with E-state index in [1.54, 1.807) is 12.4 Å². The minimum atomic E-state index is -0.428. The van der Waals surface area contributed by atoms with E-state index in [2.05, 4.69) is 16.1 Å². The molecule has 2 aliphatic heterocycles. The Morgan fingerprint density at radius 3 is 2.67 bits per heavy atom. The van der Waals surface area contributed by atoms with Crippen LogP contribution < -0.4 is 4.73 Å². The molecule has 2 saturated heterocycles. The summed E-state index contributed by atoms with van der Waals surface area (Å²) < 4.78 is 28.5. The number of nitrogens with zero attached hydrogens (tertiary/aromatic N) is 4. The van der Waals surface area contributed by atoms with Crippen molar-refractivity contribution in [1.29, 1.82) is 0 Å². The maximum absolute atomic E-state index is 14.2. The van der Waals surface area contributed by atoms with Crippen molar-refractivity contribution >= 4 is 21.7 Å². The quantitative estimate of drug-likeness (QED) is 0.338. The molecule has 0 saturated carbocycles. The van der Waals surface area contributed by atoms with Crippen molar-refractivity contribution in [3.05, 3.63) is 59.7 Å². The van der Waals surface area contributed by atoms with Crippen LogP contribution in [-0.4, -0.2) is 34.6 Å². The second kappa shape index (κ2) is 8.35. The highest BCUT2D eigenvalue weighted by atomic mass is 19.1. The van der Waals surface area contributed by atoms with Gasteiger partial charge in [0.05, 0.1) is 29.4 Å². The van der Waals surface area contributed by atoms with Gasteiger partial charge in [0, 0.05) is 47.7 Å². The zero-order valence-corrected chi connectivity index (χ0v) is 18.2. The molecule has 170 valence electrons. The Balaban J connectivity index is 1.60. The lowest BCUT2D eigenvalue weighted by Gasteiger charge is -2.24. The third-order valence-electron chi connectivity index (χ3n) is 6.82. The molecule has 0 radical (unpaired) electrons. The summed E-state index contributed by atoms with van der Waals surface area (Å²) in [4.78, 5) is 4.07. The number of halogens is 1. The zero-order valence-electron chi connectivity index (χ0n) is 18.2. The van der Waals surface area contributed by atoms with E-state index in [-0.39, 0.29) is 12.1 Å². The molecule has 0 bridgehead atoms. The summed E-state index contributed by atoms with van der Waals surface area (Å²) in [5, 5.41) is 20.6. The number of hydrogen-bond acceptors (Lipinski definition) is 5. The first-order chi connectivity index (χ1) is 16.2. The van der Waals surface area contributed by atoms with Gasteiger partial charge in [0.15, 0.2) is 12.4 Å². The normalized spacial score (nSPS) is 20.0. The molecule has 0 spiro atoms. The fourth-order valence-electron chi connectivity index (χ4n) is 5.23. The molecular weight excluding hydrogens is 423 g/mol. The summed E-state index contributed by atoms with van der Waals surface area (Å²) in [5.41, 5.74) is 2.93. The Labute approximate surface area is 190 Å². The van der Waals surface area contributed by atoms with E-state index in [0.717, 1.165) is 70.7 Å². The van der Waals surface area contributed by atoms with Crippen LogP contribution >= 0.6 is 0 Å². The van der Waals surface area contributed by atoms with Crippen LogP contribution in [0.3, 0.4) is 0 Å². The molecule has 6 rings (SSSR count). The van der Waals surface area contributed by atoms with Crippen LogP contribution in [0.2, 0.25) is 0 Å². The zero-order chi connectivity index (χ0) is 22.4. The first-order valence-corrected chi connectivity index (χ1v) is 11.6. The lowest BCUT2D eigenvalue weighted by molar-refractivity contribution is -0.613. The summed E-state index contributed by atoms with van der Waals surface area (Å²) in [5.74, 6) is -0.392. The molecule has 4 aromatic rings. The maximum Gasteiger partial charge on any atom is 0.204 e. The largest absolute Gasteiger partial charge is 0.618 e. The second-order valence-electron chi connectivity index (χ2n) is 8.90.